The number of nitrogens with two attached hydrogens (primary N) is 1. The van der Waals surface area contributed by atoms with Crippen molar-refractivity contribution in [3.05, 3.63) is 30.1 Å². The van der Waals surface area contributed by atoms with E-state index < -0.39 is 0 Å². The third kappa shape index (κ3) is 2.07. The fourth-order valence-corrected chi connectivity index (χ4v) is 1.98. The fraction of sp³-hybridized carbons (Fsp3) is 0.500. The summed E-state index contributed by atoms with van der Waals surface area (Å²) in [5.74, 6) is 0. The van der Waals surface area contributed by atoms with Crippen molar-refractivity contribution >= 4 is 11.0 Å². The van der Waals surface area contributed by atoms with Crippen LogP contribution in [0, 0.1) is 0 Å². The molecule has 3 heteroatoms. The number of hydrogen-bond acceptors (Lipinski definition) is 2. The topological polar surface area (TPSA) is 43.8 Å². The van der Waals surface area contributed by atoms with Gasteiger partial charge in [0.25, 0.3) is 0 Å². The van der Waals surface area contributed by atoms with E-state index in [4.69, 9.17) is 5.73 Å². The molecule has 0 saturated carbocycles. The molecule has 2 N–H and O–H groups in total. The summed E-state index contributed by atoms with van der Waals surface area (Å²) in [5.41, 5.74) is 9.32. The minimum absolute atomic E-state index is 0.00972. The molecular formula is C14H21N3. The van der Waals surface area contributed by atoms with E-state index in [0.29, 0.717) is 12.6 Å². The first kappa shape index (κ1) is 12.1. The molecule has 0 aliphatic carbocycles. The SMILES string of the molecule is CC(C)n1cnc2cc(C(C)(C)CN)ccc21. The molecule has 0 bridgehead atoms. The predicted octanol–water partition coefficient (Wildman–Crippen LogP) is 2.85. The highest BCUT2D eigenvalue weighted by atomic mass is 15.1. The van der Waals surface area contributed by atoms with E-state index in [0.717, 1.165) is 5.52 Å². The van der Waals surface area contributed by atoms with Crippen LogP contribution in [0.5, 0.6) is 0 Å². The average Bonchev–Trinajstić information content (AvgIpc) is 2.71. The lowest BCUT2D eigenvalue weighted by Gasteiger charge is -2.23. The van der Waals surface area contributed by atoms with Gasteiger partial charge in [-0.05, 0) is 31.5 Å². The molecule has 0 aliphatic rings. The molecule has 17 heavy (non-hydrogen) atoms. The minimum atomic E-state index is 0.00972. The normalized spacial score (nSPS) is 12.6. The maximum absolute atomic E-state index is 5.81. The van der Waals surface area contributed by atoms with Gasteiger partial charge >= 0.3 is 0 Å². The van der Waals surface area contributed by atoms with Crippen LogP contribution in [0.25, 0.3) is 11.0 Å². The zero-order valence-corrected chi connectivity index (χ0v) is 11.1. The first-order valence-electron chi connectivity index (χ1n) is 6.13. The van der Waals surface area contributed by atoms with Crippen LogP contribution in [-0.2, 0) is 5.41 Å². The zero-order valence-electron chi connectivity index (χ0n) is 11.1. The molecule has 0 amide bonds. The Morgan fingerprint density at radius 2 is 2.06 bits per heavy atom. The lowest BCUT2D eigenvalue weighted by molar-refractivity contribution is 0.539. The molecule has 1 aromatic heterocycles. The van der Waals surface area contributed by atoms with Crippen LogP contribution in [0.1, 0.15) is 39.3 Å². The van der Waals surface area contributed by atoms with Gasteiger partial charge < -0.3 is 10.3 Å². The Bertz CT molecular complexity index is 523. The van der Waals surface area contributed by atoms with Crippen molar-refractivity contribution in [3.8, 4) is 0 Å². The van der Waals surface area contributed by atoms with E-state index in [1.54, 1.807) is 0 Å². The first-order valence-corrected chi connectivity index (χ1v) is 6.13. The summed E-state index contributed by atoms with van der Waals surface area (Å²) in [6.07, 6.45) is 1.91. The highest BCUT2D eigenvalue weighted by Gasteiger charge is 2.19. The summed E-state index contributed by atoms with van der Waals surface area (Å²) in [6.45, 7) is 9.29. The smallest absolute Gasteiger partial charge is 0.0960 e. The van der Waals surface area contributed by atoms with E-state index in [-0.39, 0.29) is 5.41 Å². The summed E-state index contributed by atoms with van der Waals surface area (Å²) in [7, 11) is 0. The Morgan fingerprint density at radius 1 is 1.35 bits per heavy atom. The number of nitrogens with zero attached hydrogens (tertiary/aromatic N) is 2. The summed E-state index contributed by atoms with van der Waals surface area (Å²) in [5, 5.41) is 0. The number of benzene rings is 1. The molecule has 2 rings (SSSR count). The van der Waals surface area contributed by atoms with Gasteiger partial charge in [0.05, 0.1) is 17.4 Å². The lowest BCUT2D eigenvalue weighted by atomic mass is 9.85. The monoisotopic (exact) mass is 231 g/mol. The minimum Gasteiger partial charge on any atom is -0.330 e. The molecule has 0 atom stereocenters. The Balaban J connectivity index is 2.53. The highest BCUT2D eigenvalue weighted by molar-refractivity contribution is 5.76. The average molecular weight is 231 g/mol. The molecule has 0 saturated heterocycles. The van der Waals surface area contributed by atoms with E-state index in [1.165, 1.54) is 11.1 Å². The van der Waals surface area contributed by atoms with Crippen LogP contribution in [0.15, 0.2) is 24.5 Å². The molecule has 1 aromatic carbocycles. The maximum atomic E-state index is 5.81. The van der Waals surface area contributed by atoms with Gasteiger partial charge in [-0.3, -0.25) is 0 Å². The second kappa shape index (κ2) is 4.15. The van der Waals surface area contributed by atoms with Gasteiger partial charge in [-0.1, -0.05) is 19.9 Å². The predicted molar refractivity (Wildman–Crippen MR) is 72.2 cm³/mol. The maximum Gasteiger partial charge on any atom is 0.0960 e. The lowest BCUT2D eigenvalue weighted by Crippen LogP contribution is -2.27. The van der Waals surface area contributed by atoms with Crippen LogP contribution >= 0.6 is 0 Å². The molecule has 0 spiro atoms. The van der Waals surface area contributed by atoms with Crippen LogP contribution in [0.2, 0.25) is 0 Å². The van der Waals surface area contributed by atoms with Gasteiger partial charge in [-0.15, -0.1) is 0 Å². The molecule has 0 fully saturated rings. The molecule has 3 nitrogen and oxygen atoms in total. The molecule has 2 aromatic rings. The van der Waals surface area contributed by atoms with Crippen molar-refractivity contribution in [2.45, 2.75) is 39.2 Å². The van der Waals surface area contributed by atoms with Gasteiger partial charge in [0.1, 0.15) is 0 Å². The molecule has 0 aliphatic heterocycles. The molecule has 0 unspecified atom stereocenters. The number of imidazole rings is 1. The van der Waals surface area contributed by atoms with Crippen LogP contribution < -0.4 is 5.73 Å². The Labute approximate surface area is 103 Å². The van der Waals surface area contributed by atoms with E-state index in [9.17, 15) is 0 Å². The van der Waals surface area contributed by atoms with Crippen molar-refractivity contribution in [1.82, 2.24) is 9.55 Å². The fourth-order valence-electron chi connectivity index (χ4n) is 1.98. The number of rotatable bonds is 3. The Kier molecular flexibility index (Phi) is 2.96. The van der Waals surface area contributed by atoms with E-state index in [2.05, 4.69) is 55.4 Å². The van der Waals surface area contributed by atoms with Crippen molar-refractivity contribution in [2.75, 3.05) is 6.54 Å². The summed E-state index contributed by atoms with van der Waals surface area (Å²) in [4.78, 5) is 4.47. The molecule has 92 valence electrons. The quantitative estimate of drug-likeness (QED) is 0.882. The van der Waals surface area contributed by atoms with Gasteiger partial charge in [0, 0.05) is 18.0 Å². The highest BCUT2D eigenvalue weighted by Crippen LogP contribution is 2.26. The molecule has 0 radical (unpaired) electrons. The second-order valence-corrected chi connectivity index (χ2v) is 5.54. The van der Waals surface area contributed by atoms with E-state index in [1.807, 2.05) is 6.33 Å². The van der Waals surface area contributed by atoms with Gasteiger partial charge in [0.15, 0.2) is 0 Å². The van der Waals surface area contributed by atoms with Gasteiger partial charge in [-0.2, -0.15) is 0 Å². The van der Waals surface area contributed by atoms with Crippen molar-refractivity contribution in [3.63, 3.8) is 0 Å². The van der Waals surface area contributed by atoms with Gasteiger partial charge in [-0.25, -0.2) is 4.98 Å². The van der Waals surface area contributed by atoms with Crippen molar-refractivity contribution in [1.29, 1.82) is 0 Å². The zero-order chi connectivity index (χ0) is 12.6. The number of aromatic nitrogens is 2. The third-order valence-electron chi connectivity index (χ3n) is 3.42. The second-order valence-electron chi connectivity index (χ2n) is 5.54. The van der Waals surface area contributed by atoms with Crippen LogP contribution in [-0.4, -0.2) is 16.1 Å². The van der Waals surface area contributed by atoms with Crippen LogP contribution in [0.3, 0.4) is 0 Å². The Morgan fingerprint density at radius 3 is 2.65 bits per heavy atom. The van der Waals surface area contributed by atoms with Crippen molar-refractivity contribution < 1.29 is 0 Å². The molecule has 1 heterocycles. The summed E-state index contributed by atoms with van der Waals surface area (Å²) in [6, 6.07) is 6.90. The number of fused-ring (bicyclic) bond motifs is 1. The standard InChI is InChI=1S/C14H21N3/c1-10(2)17-9-16-12-7-11(5-6-13(12)17)14(3,4)8-15/h5-7,9-10H,8,15H2,1-4H3. The summed E-state index contributed by atoms with van der Waals surface area (Å²) >= 11 is 0. The number of hydrogen-bond donors (Lipinski definition) is 1. The van der Waals surface area contributed by atoms with E-state index >= 15 is 0 Å². The van der Waals surface area contributed by atoms with Gasteiger partial charge in [0.2, 0.25) is 0 Å². The first-order chi connectivity index (χ1) is 7.95. The van der Waals surface area contributed by atoms with Crippen LogP contribution in [0.4, 0.5) is 0 Å². The Hall–Kier alpha value is -1.35. The van der Waals surface area contributed by atoms with Crippen molar-refractivity contribution in [2.24, 2.45) is 5.73 Å². The third-order valence-corrected chi connectivity index (χ3v) is 3.42. The summed E-state index contributed by atoms with van der Waals surface area (Å²) < 4.78 is 2.19. The largest absolute Gasteiger partial charge is 0.330 e. The molecular weight excluding hydrogens is 210 g/mol.